The van der Waals surface area contributed by atoms with Crippen molar-refractivity contribution in [3.63, 3.8) is 0 Å². The largest absolute Gasteiger partial charge is 0.397 e. The number of halogens is 2. The third-order valence-corrected chi connectivity index (χ3v) is 4.04. The number of hydrogen-bond donors (Lipinski definition) is 1. The SMILES string of the molecule is CCC1CN(c2cc(F)c(I)cc2N)CCCO1. The predicted molar refractivity (Wildman–Crippen MR) is 80.4 cm³/mol. The van der Waals surface area contributed by atoms with E-state index in [-0.39, 0.29) is 11.9 Å². The van der Waals surface area contributed by atoms with E-state index in [0.29, 0.717) is 9.26 Å². The molecule has 0 spiro atoms. The molecule has 1 aromatic carbocycles. The molecule has 1 fully saturated rings. The molecule has 3 nitrogen and oxygen atoms in total. The number of nitrogens with two attached hydrogens (primary N) is 1. The fourth-order valence-electron chi connectivity index (χ4n) is 2.19. The number of anilines is 2. The number of benzene rings is 1. The summed E-state index contributed by atoms with van der Waals surface area (Å²) in [5.41, 5.74) is 7.43. The van der Waals surface area contributed by atoms with Gasteiger partial charge in [-0.1, -0.05) is 6.92 Å². The fourth-order valence-corrected chi connectivity index (χ4v) is 2.68. The van der Waals surface area contributed by atoms with E-state index >= 15 is 0 Å². The molecule has 0 radical (unpaired) electrons. The standard InChI is InChI=1S/C13H18FIN2O/c1-2-9-8-17(4-3-5-18-9)13-6-10(14)11(15)7-12(13)16/h6-7,9H,2-5,8,16H2,1H3. The van der Waals surface area contributed by atoms with Gasteiger partial charge in [0.05, 0.1) is 21.0 Å². The lowest BCUT2D eigenvalue weighted by atomic mass is 10.2. The Morgan fingerprint density at radius 3 is 3.06 bits per heavy atom. The second kappa shape index (κ2) is 6.06. The number of ether oxygens (including phenoxy) is 1. The van der Waals surface area contributed by atoms with Crippen molar-refractivity contribution in [1.82, 2.24) is 0 Å². The molecule has 2 N–H and O–H groups in total. The van der Waals surface area contributed by atoms with Crippen LogP contribution >= 0.6 is 22.6 Å². The molecule has 0 aliphatic carbocycles. The molecule has 1 unspecified atom stereocenters. The van der Waals surface area contributed by atoms with Crippen molar-refractivity contribution in [3.05, 3.63) is 21.5 Å². The third kappa shape index (κ3) is 3.06. The second-order valence-electron chi connectivity index (χ2n) is 4.53. The highest BCUT2D eigenvalue weighted by atomic mass is 127. The Hall–Kier alpha value is -0.560. The monoisotopic (exact) mass is 364 g/mol. The van der Waals surface area contributed by atoms with Crippen LogP contribution in [-0.4, -0.2) is 25.8 Å². The van der Waals surface area contributed by atoms with Crippen molar-refractivity contribution in [2.24, 2.45) is 0 Å². The average Bonchev–Trinajstić information content (AvgIpc) is 2.59. The summed E-state index contributed by atoms with van der Waals surface area (Å²) in [7, 11) is 0. The maximum Gasteiger partial charge on any atom is 0.138 e. The molecule has 5 heteroatoms. The zero-order valence-electron chi connectivity index (χ0n) is 10.5. The van der Waals surface area contributed by atoms with E-state index < -0.39 is 0 Å². The molecule has 0 aromatic heterocycles. The van der Waals surface area contributed by atoms with E-state index in [1.54, 1.807) is 6.07 Å². The first-order valence-electron chi connectivity index (χ1n) is 6.23. The molecule has 0 saturated carbocycles. The first-order chi connectivity index (χ1) is 8.61. The van der Waals surface area contributed by atoms with E-state index in [4.69, 9.17) is 10.5 Å². The van der Waals surface area contributed by atoms with Crippen LogP contribution in [0.3, 0.4) is 0 Å². The molecular formula is C13H18FIN2O. The lowest BCUT2D eigenvalue weighted by Gasteiger charge is -2.26. The highest BCUT2D eigenvalue weighted by Crippen LogP contribution is 2.29. The van der Waals surface area contributed by atoms with Crippen LogP contribution in [0.1, 0.15) is 19.8 Å². The molecule has 1 aliphatic heterocycles. The lowest BCUT2D eigenvalue weighted by molar-refractivity contribution is 0.0664. The van der Waals surface area contributed by atoms with Crippen LogP contribution in [0.25, 0.3) is 0 Å². The first-order valence-corrected chi connectivity index (χ1v) is 7.30. The van der Waals surface area contributed by atoms with E-state index in [9.17, 15) is 4.39 Å². The maximum atomic E-state index is 13.7. The Morgan fingerprint density at radius 1 is 1.56 bits per heavy atom. The van der Waals surface area contributed by atoms with Gasteiger partial charge in [-0.3, -0.25) is 0 Å². The Balaban J connectivity index is 2.26. The molecule has 1 aliphatic rings. The first kappa shape index (κ1) is 13.9. The Kier molecular flexibility index (Phi) is 4.66. The fraction of sp³-hybridized carbons (Fsp3) is 0.538. The molecule has 0 amide bonds. The minimum Gasteiger partial charge on any atom is -0.397 e. The molecule has 1 heterocycles. The van der Waals surface area contributed by atoms with Crippen molar-refractivity contribution < 1.29 is 9.13 Å². The van der Waals surface area contributed by atoms with Gasteiger partial charge in [0.1, 0.15) is 5.82 Å². The van der Waals surface area contributed by atoms with Gasteiger partial charge >= 0.3 is 0 Å². The normalized spacial score (nSPS) is 20.8. The quantitative estimate of drug-likeness (QED) is 0.648. The molecular weight excluding hydrogens is 346 g/mol. The topological polar surface area (TPSA) is 38.5 Å². The molecule has 100 valence electrons. The highest BCUT2D eigenvalue weighted by molar-refractivity contribution is 14.1. The van der Waals surface area contributed by atoms with Gasteiger partial charge in [-0.25, -0.2) is 4.39 Å². The van der Waals surface area contributed by atoms with Gasteiger partial charge in [-0.05, 0) is 41.5 Å². The number of nitrogen functional groups attached to an aromatic ring is 1. The van der Waals surface area contributed by atoms with Crippen molar-refractivity contribution in [1.29, 1.82) is 0 Å². The van der Waals surface area contributed by atoms with E-state index in [1.807, 2.05) is 22.6 Å². The smallest absolute Gasteiger partial charge is 0.138 e. The molecule has 0 bridgehead atoms. The van der Waals surface area contributed by atoms with Crippen LogP contribution in [0.15, 0.2) is 12.1 Å². The zero-order chi connectivity index (χ0) is 13.1. The summed E-state index contributed by atoms with van der Waals surface area (Å²) in [4.78, 5) is 2.13. The van der Waals surface area contributed by atoms with Gasteiger partial charge in [0, 0.05) is 25.8 Å². The minimum absolute atomic E-state index is 0.203. The number of rotatable bonds is 2. The second-order valence-corrected chi connectivity index (χ2v) is 5.69. The van der Waals surface area contributed by atoms with Crippen molar-refractivity contribution >= 4 is 34.0 Å². The van der Waals surface area contributed by atoms with E-state index in [1.165, 1.54) is 6.07 Å². The molecule has 1 aromatic rings. The Bertz CT molecular complexity index is 428. The minimum atomic E-state index is -0.210. The molecule has 1 atom stereocenters. The van der Waals surface area contributed by atoms with Crippen molar-refractivity contribution in [2.45, 2.75) is 25.9 Å². The van der Waals surface area contributed by atoms with E-state index in [0.717, 1.165) is 38.2 Å². The summed E-state index contributed by atoms with van der Waals surface area (Å²) in [6, 6.07) is 3.23. The maximum absolute atomic E-state index is 13.7. The van der Waals surface area contributed by atoms with Gasteiger partial charge in [0.15, 0.2) is 0 Å². The molecule has 2 rings (SSSR count). The van der Waals surface area contributed by atoms with Gasteiger partial charge in [0.2, 0.25) is 0 Å². The summed E-state index contributed by atoms with van der Waals surface area (Å²) >= 11 is 1.96. The van der Waals surface area contributed by atoms with Gasteiger partial charge in [-0.2, -0.15) is 0 Å². The third-order valence-electron chi connectivity index (χ3n) is 3.22. The summed E-state index contributed by atoms with van der Waals surface area (Å²) in [5.74, 6) is -0.210. The summed E-state index contributed by atoms with van der Waals surface area (Å²) < 4.78 is 20.0. The number of nitrogens with zero attached hydrogens (tertiary/aromatic N) is 1. The summed E-state index contributed by atoms with van der Waals surface area (Å²) in [6.45, 7) is 4.51. The summed E-state index contributed by atoms with van der Waals surface area (Å²) in [6.07, 6.45) is 2.11. The molecule has 1 saturated heterocycles. The lowest BCUT2D eigenvalue weighted by Crippen LogP contribution is -2.32. The highest BCUT2D eigenvalue weighted by Gasteiger charge is 2.20. The van der Waals surface area contributed by atoms with Gasteiger partial charge < -0.3 is 15.4 Å². The zero-order valence-corrected chi connectivity index (χ0v) is 12.6. The van der Waals surface area contributed by atoms with Crippen LogP contribution in [0.2, 0.25) is 0 Å². The summed E-state index contributed by atoms with van der Waals surface area (Å²) in [5, 5.41) is 0. The van der Waals surface area contributed by atoms with E-state index in [2.05, 4.69) is 11.8 Å². The van der Waals surface area contributed by atoms with Crippen LogP contribution < -0.4 is 10.6 Å². The van der Waals surface area contributed by atoms with Gasteiger partial charge in [0.25, 0.3) is 0 Å². The number of hydrogen-bond acceptors (Lipinski definition) is 3. The van der Waals surface area contributed by atoms with Crippen LogP contribution in [-0.2, 0) is 4.74 Å². The van der Waals surface area contributed by atoms with Gasteiger partial charge in [-0.15, -0.1) is 0 Å². The van der Waals surface area contributed by atoms with Crippen molar-refractivity contribution in [2.75, 3.05) is 30.3 Å². The average molecular weight is 364 g/mol. The Labute approximate surface area is 121 Å². The predicted octanol–water partition coefficient (Wildman–Crippen LogP) is 3.02. The van der Waals surface area contributed by atoms with Crippen molar-refractivity contribution in [3.8, 4) is 0 Å². The Morgan fingerprint density at radius 2 is 2.33 bits per heavy atom. The van der Waals surface area contributed by atoms with Crippen LogP contribution in [0.5, 0.6) is 0 Å². The van der Waals surface area contributed by atoms with Crippen LogP contribution in [0, 0.1) is 9.39 Å². The van der Waals surface area contributed by atoms with Crippen LogP contribution in [0.4, 0.5) is 15.8 Å². The molecule has 18 heavy (non-hydrogen) atoms.